The van der Waals surface area contributed by atoms with E-state index >= 15 is 0 Å². The Balaban J connectivity index is 1.87. The molecule has 1 heterocycles. The Bertz CT molecular complexity index is 689. The lowest BCUT2D eigenvalue weighted by molar-refractivity contribution is -0.128. The fourth-order valence-electron chi connectivity index (χ4n) is 2.20. The first-order valence-electron chi connectivity index (χ1n) is 7.66. The lowest BCUT2D eigenvalue weighted by Gasteiger charge is -2.18. The van der Waals surface area contributed by atoms with E-state index in [0.717, 1.165) is 12.0 Å². The number of likely N-dealkylation sites (N-methyl/N-ethyl adjacent to an activating group) is 1. The third kappa shape index (κ3) is 4.81. The molecule has 0 aliphatic rings. The van der Waals surface area contributed by atoms with E-state index < -0.39 is 5.97 Å². The van der Waals surface area contributed by atoms with E-state index in [0.29, 0.717) is 17.8 Å². The molecule has 1 N–H and O–H groups in total. The highest BCUT2D eigenvalue weighted by Gasteiger charge is 2.13. The number of rotatable bonds is 7. The van der Waals surface area contributed by atoms with E-state index in [4.69, 9.17) is 4.74 Å². The summed E-state index contributed by atoms with van der Waals surface area (Å²) in [6, 6.07) is 10.8. The number of anilines is 1. The smallest absolute Gasteiger partial charge is 0.339 e. The second kappa shape index (κ2) is 8.67. The van der Waals surface area contributed by atoms with Gasteiger partial charge in [-0.15, -0.1) is 0 Å². The molecule has 6 nitrogen and oxygen atoms in total. The highest BCUT2D eigenvalue weighted by molar-refractivity contribution is 5.96. The monoisotopic (exact) mass is 327 g/mol. The Labute approximate surface area is 141 Å². The molecule has 0 atom stereocenters. The van der Waals surface area contributed by atoms with Crippen LogP contribution in [0.4, 0.5) is 5.69 Å². The number of aromatic nitrogens is 1. The predicted octanol–water partition coefficient (Wildman–Crippen LogP) is 1.98. The molecule has 0 aliphatic heterocycles. The second-order valence-corrected chi connectivity index (χ2v) is 5.31. The molecule has 1 aromatic carbocycles. The maximum atomic E-state index is 12.2. The summed E-state index contributed by atoms with van der Waals surface area (Å²) < 4.78 is 4.74. The number of amides is 1. The topological polar surface area (TPSA) is 71.5 Å². The molecule has 0 unspecified atom stereocenters. The number of carbonyl (C=O) groups excluding carboxylic acids is 2. The average Bonchev–Trinajstić information content (AvgIpc) is 2.64. The van der Waals surface area contributed by atoms with Gasteiger partial charge in [0.1, 0.15) is 0 Å². The van der Waals surface area contributed by atoms with Crippen LogP contribution in [0.15, 0.2) is 48.8 Å². The zero-order valence-electron chi connectivity index (χ0n) is 13.9. The maximum Gasteiger partial charge on any atom is 0.339 e. The molecule has 6 heteroatoms. The molecular weight excluding hydrogens is 306 g/mol. The quantitative estimate of drug-likeness (QED) is 0.787. The van der Waals surface area contributed by atoms with Gasteiger partial charge in [0, 0.05) is 31.7 Å². The van der Waals surface area contributed by atoms with Crippen LogP contribution < -0.4 is 5.32 Å². The molecule has 24 heavy (non-hydrogen) atoms. The van der Waals surface area contributed by atoms with Crippen molar-refractivity contribution in [3.63, 3.8) is 0 Å². The van der Waals surface area contributed by atoms with Crippen LogP contribution in [0.5, 0.6) is 0 Å². The number of nitrogens with zero attached hydrogens (tertiary/aromatic N) is 2. The summed E-state index contributed by atoms with van der Waals surface area (Å²) in [4.78, 5) is 29.6. The molecular formula is C18H21N3O3. The van der Waals surface area contributed by atoms with Gasteiger partial charge in [-0.3, -0.25) is 9.78 Å². The van der Waals surface area contributed by atoms with Crippen LogP contribution in [-0.2, 0) is 16.0 Å². The Hall–Kier alpha value is -2.89. The highest BCUT2D eigenvalue weighted by atomic mass is 16.5. The number of para-hydroxylation sites is 1. The lowest BCUT2D eigenvalue weighted by Crippen LogP contribution is -2.34. The molecule has 1 aromatic heterocycles. The number of esters is 1. The molecule has 2 rings (SSSR count). The van der Waals surface area contributed by atoms with Gasteiger partial charge in [0.2, 0.25) is 5.91 Å². The Morgan fingerprint density at radius 2 is 1.88 bits per heavy atom. The number of methoxy groups -OCH3 is 1. The van der Waals surface area contributed by atoms with Crippen molar-refractivity contribution in [1.29, 1.82) is 0 Å². The molecule has 126 valence electrons. The predicted molar refractivity (Wildman–Crippen MR) is 91.8 cm³/mol. The minimum atomic E-state index is -0.434. The minimum absolute atomic E-state index is 0.0521. The van der Waals surface area contributed by atoms with Crippen LogP contribution in [0.2, 0.25) is 0 Å². The van der Waals surface area contributed by atoms with Gasteiger partial charge in [0.25, 0.3) is 0 Å². The van der Waals surface area contributed by atoms with E-state index in [-0.39, 0.29) is 12.5 Å². The molecule has 0 spiro atoms. The number of nitrogens with one attached hydrogen (secondary N) is 1. The molecule has 0 saturated heterocycles. The summed E-state index contributed by atoms with van der Waals surface area (Å²) in [6.45, 7) is 0.726. The summed E-state index contributed by atoms with van der Waals surface area (Å²) >= 11 is 0. The third-order valence-corrected chi connectivity index (χ3v) is 3.67. The van der Waals surface area contributed by atoms with Crippen molar-refractivity contribution in [1.82, 2.24) is 9.88 Å². The fraction of sp³-hybridized carbons (Fsp3) is 0.278. The first-order valence-corrected chi connectivity index (χ1v) is 7.66. The van der Waals surface area contributed by atoms with Gasteiger partial charge in [-0.05, 0) is 36.2 Å². The number of hydrogen-bond donors (Lipinski definition) is 1. The van der Waals surface area contributed by atoms with Gasteiger partial charge < -0.3 is 15.0 Å². The molecule has 0 bridgehead atoms. The summed E-state index contributed by atoms with van der Waals surface area (Å²) in [6.07, 6.45) is 4.24. The van der Waals surface area contributed by atoms with Gasteiger partial charge in [-0.1, -0.05) is 12.1 Å². The average molecular weight is 327 g/mol. The zero-order valence-corrected chi connectivity index (χ0v) is 13.9. The third-order valence-electron chi connectivity index (χ3n) is 3.67. The normalized spacial score (nSPS) is 10.1. The van der Waals surface area contributed by atoms with Gasteiger partial charge in [0.15, 0.2) is 0 Å². The molecule has 1 amide bonds. The fourth-order valence-corrected chi connectivity index (χ4v) is 2.20. The van der Waals surface area contributed by atoms with E-state index in [9.17, 15) is 9.59 Å². The Morgan fingerprint density at radius 1 is 1.17 bits per heavy atom. The van der Waals surface area contributed by atoms with Gasteiger partial charge in [-0.2, -0.15) is 0 Å². The standard InChI is InChI=1S/C18H21N3O3/c1-21(12-9-14-7-10-19-11-8-14)17(22)13-20-16-6-4-3-5-15(16)18(23)24-2/h3-8,10-11,20H,9,12-13H2,1-2H3. The van der Waals surface area contributed by atoms with Crippen molar-refractivity contribution in [2.75, 3.05) is 32.6 Å². The number of ether oxygens (including phenoxy) is 1. The summed E-state index contributed by atoms with van der Waals surface area (Å²) in [5, 5.41) is 3.01. The van der Waals surface area contributed by atoms with E-state index in [1.807, 2.05) is 12.1 Å². The zero-order chi connectivity index (χ0) is 17.4. The van der Waals surface area contributed by atoms with Crippen molar-refractivity contribution in [3.05, 3.63) is 59.9 Å². The Morgan fingerprint density at radius 3 is 2.58 bits per heavy atom. The Kier molecular flexibility index (Phi) is 6.31. The molecule has 0 aliphatic carbocycles. The number of benzene rings is 1. The minimum Gasteiger partial charge on any atom is -0.465 e. The molecule has 0 fully saturated rings. The van der Waals surface area contributed by atoms with E-state index in [2.05, 4.69) is 10.3 Å². The van der Waals surface area contributed by atoms with Crippen molar-refractivity contribution in [2.24, 2.45) is 0 Å². The van der Waals surface area contributed by atoms with Gasteiger partial charge in [-0.25, -0.2) is 4.79 Å². The molecule has 2 aromatic rings. The SMILES string of the molecule is COC(=O)c1ccccc1NCC(=O)N(C)CCc1ccncc1. The van der Waals surface area contributed by atoms with Crippen molar-refractivity contribution < 1.29 is 14.3 Å². The van der Waals surface area contributed by atoms with Crippen LogP contribution in [0, 0.1) is 0 Å². The van der Waals surface area contributed by atoms with Crippen molar-refractivity contribution in [3.8, 4) is 0 Å². The van der Waals surface area contributed by atoms with E-state index in [1.165, 1.54) is 7.11 Å². The van der Waals surface area contributed by atoms with E-state index in [1.54, 1.807) is 48.6 Å². The van der Waals surface area contributed by atoms with Crippen LogP contribution in [-0.4, -0.2) is 49.0 Å². The largest absolute Gasteiger partial charge is 0.465 e. The van der Waals surface area contributed by atoms with Gasteiger partial charge >= 0.3 is 5.97 Å². The van der Waals surface area contributed by atoms with Crippen LogP contribution in [0.1, 0.15) is 15.9 Å². The summed E-state index contributed by atoms with van der Waals surface area (Å²) in [5.74, 6) is -0.486. The second-order valence-electron chi connectivity index (χ2n) is 5.31. The molecule has 0 radical (unpaired) electrons. The number of carbonyl (C=O) groups is 2. The number of hydrogen-bond acceptors (Lipinski definition) is 5. The summed E-state index contributed by atoms with van der Waals surface area (Å²) in [5.41, 5.74) is 2.13. The molecule has 0 saturated carbocycles. The first kappa shape index (κ1) is 17.5. The van der Waals surface area contributed by atoms with Crippen LogP contribution >= 0.6 is 0 Å². The first-order chi connectivity index (χ1) is 11.6. The maximum absolute atomic E-state index is 12.2. The van der Waals surface area contributed by atoms with Crippen molar-refractivity contribution in [2.45, 2.75) is 6.42 Å². The highest BCUT2D eigenvalue weighted by Crippen LogP contribution is 2.15. The number of pyridine rings is 1. The van der Waals surface area contributed by atoms with Crippen LogP contribution in [0.3, 0.4) is 0 Å². The summed E-state index contributed by atoms with van der Waals surface area (Å²) in [7, 11) is 3.09. The van der Waals surface area contributed by atoms with Crippen LogP contribution in [0.25, 0.3) is 0 Å². The van der Waals surface area contributed by atoms with Crippen molar-refractivity contribution >= 4 is 17.6 Å². The van der Waals surface area contributed by atoms with Gasteiger partial charge in [0.05, 0.1) is 19.2 Å². The lowest BCUT2D eigenvalue weighted by atomic mass is 10.2.